The molecule has 0 aliphatic carbocycles. The van der Waals surface area contributed by atoms with Crippen LogP contribution >= 0.6 is 0 Å². The second kappa shape index (κ2) is 8.57. The summed E-state index contributed by atoms with van der Waals surface area (Å²) in [4.78, 5) is 30.3. The normalized spacial score (nSPS) is 15.0. The standard InChI is InChI=1S/C23H24F2N4O3/c1-12(2)20(21-13(3)17-8-14(24)4-7-19(17)32-21)28-23(31)27-16-5-6-18(26-9-16)22(30)29-10-15(25)11-29/h4-9,12,15,20H,10-11H2,1-3H3,(H2,27,28,31)/t20-/m0/s1. The Bertz CT molecular complexity index is 1150. The molecule has 1 aromatic carbocycles. The van der Waals surface area contributed by atoms with E-state index in [2.05, 4.69) is 15.6 Å². The minimum atomic E-state index is -0.980. The lowest BCUT2D eigenvalue weighted by Gasteiger charge is -2.33. The van der Waals surface area contributed by atoms with Crippen molar-refractivity contribution in [1.29, 1.82) is 0 Å². The largest absolute Gasteiger partial charge is 0.459 e. The number of nitrogens with one attached hydrogen (secondary N) is 2. The van der Waals surface area contributed by atoms with E-state index in [1.807, 2.05) is 20.8 Å². The smallest absolute Gasteiger partial charge is 0.319 e. The van der Waals surface area contributed by atoms with Crippen LogP contribution in [-0.4, -0.2) is 41.1 Å². The van der Waals surface area contributed by atoms with Gasteiger partial charge in [0.15, 0.2) is 0 Å². The molecule has 3 aromatic rings. The second-order valence-corrected chi connectivity index (χ2v) is 8.29. The van der Waals surface area contributed by atoms with E-state index in [4.69, 9.17) is 4.42 Å². The van der Waals surface area contributed by atoms with Crippen molar-refractivity contribution in [2.24, 2.45) is 5.92 Å². The van der Waals surface area contributed by atoms with Crippen LogP contribution in [0.1, 0.15) is 41.7 Å². The summed E-state index contributed by atoms with van der Waals surface area (Å²) in [6, 6.07) is 6.45. The number of rotatable bonds is 5. The summed E-state index contributed by atoms with van der Waals surface area (Å²) < 4.78 is 32.5. The van der Waals surface area contributed by atoms with Crippen LogP contribution in [0.15, 0.2) is 40.9 Å². The van der Waals surface area contributed by atoms with E-state index in [0.29, 0.717) is 22.4 Å². The Morgan fingerprint density at radius 1 is 1.22 bits per heavy atom. The van der Waals surface area contributed by atoms with Crippen LogP contribution in [0.5, 0.6) is 0 Å². The number of carbonyl (C=O) groups excluding carboxylic acids is 2. The first-order chi connectivity index (χ1) is 15.2. The number of carbonyl (C=O) groups is 2. The van der Waals surface area contributed by atoms with Crippen LogP contribution in [0.2, 0.25) is 0 Å². The number of urea groups is 1. The van der Waals surface area contributed by atoms with Gasteiger partial charge in [-0.25, -0.2) is 18.6 Å². The summed E-state index contributed by atoms with van der Waals surface area (Å²) in [5.41, 5.74) is 1.91. The number of benzene rings is 1. The highest BCUT2D eigenvalue weighted by Gasteiger charge is 2.31. The molecule has 1 aliphatic heterocycles. The molecule has 0 bridgehead atoms. The lowest BCUT2D eigenvalue weighted by Crippen LogP contribution is -2.51. The Balaban J connectivity index is 1.45. The topological polar surface area (TPSA) is 87.5 Å². The Morgan fingerprint density at radius 2 is 1.97 bits per heavy atom. The molecule has 3 amide bonds. The number of alkyl halides is 1. The molecule has 4 rings (SSSR count). The molecule has 32 heavy (non-hydrogen) atoms. The highest BCUT2D eigenvalue weighted by molar-refractivity contribution is 5.94. The molecule has 1 atom stereocenters. The van der Waals surface area contributed by atoms with E-state index in [1.54, 1.807) is 12.1 Å². The first-order valence-corrected chi connectivity index (χ1v) is 10.4. The molecule has 1 saturated heterocycles. The van der Waals surface area contributed by atoms with Crippen LogP contribution in [0.3, 0.4) is 0 Å². The van der Waals surface area contributed by atoms with Gasteiger partial charge in [0, 0.05) is 10.9 Å². The van der Waals surface area contributed by atoms with Gasteiger partial charge in [-0.15, -0.1) is 0 Å². The van der Waals surface area contributed by atoms with Gasteiger partial charge in [-0.3, -0.25) is 4.79 Å². The number of anilines is 1. The minimum absolute atomic E-state index is 0.00108. The van der Waals surface area contributed by atoms with Crippen molar-refractivity contribution in [2.75, 3.05) is 18.4 Å². The maximum absolute atomic E-state index is 13.6. The number of aryl methyl sites for hydroxylation is 1. The molecule has 7 nitrogen and oxygen atoms in total. The number of aromatic nitrogens is 1. The third-order valence-corrected chi connectivity index (χ3v) is 5.54. The quantitative estimate of drug-likeness (QED) is 0.605. The zero-order chi connectivity index (χ0) is 23.0. The molecule has 1 aliphatic rings. The molecule has 0 radical (unpaired) electrons. The average Bonchev–Trinajstić information content (AvgIpc) is 3.05. The molecular formula is C23H24F2N4O3. The molecule has 0 unspecified atom stereocenters. The number of fused-ring (bicyclic) bond motifs is 1. The predicted molar refractivity (Wildman–Crippen MR) is 116 cm³/mol. The molecule has 0 saturated carbocycles. The summed E-state index contributed by atoms with van der Waals surface area (Å²) in [5.74, 6) is -0.131. The van der Waals surface area contributed by atoms with Crippen LogP contribution in [0, 0.1) is 18.7 Å². The number of furan rings is 1. The third-order valence-electron chi connectivity index (χ3n) is 5.54. The number of hydrogen-bond donors (Lipinski definition) is 2. The minimum Gasteiger partial charge on any atom is -0.459 e. The SMILES string of the molecule is Cc1c([C@@H](NC(=O)Nc2ccc(C(=O)N3CC(F)C3)nc2)C(C)C)oc2ccc(F)cc12. The fourth-order valence-corrected chi connectivity index (χ4v) is 3.70. The molecular weight excluding hydrogens is 418 g/mol. The summed E-state index contributed by atoms with van der Waals surface area (Å²) in [6.07, 6.45) is 0.394. The van der Waals surface area contributed by atoms with Gasteiger partial charge in [-0.2, -0.15) is 0 Å². The maximum atomic E-state index is 13.6. The van der Waals surface area contributed by atoms with Gasteiger partial charge in [0.05, 0.1) is 31.0 Å². The van der Waals surface area contributed by atoms with Crippen LogP contribution in [-0.2, 0) is 0 Å². The highest BCUT2D eigenvalue weighted by Crippen LogP contribution is 2.33. The Kier molecular flexibility index (Phi) is 5.82. The van der Waals surface area contributed by atoms with Gasteiger partial charge in [0.2, 0.25) is 0 Å². The van der Waals surface area contributed by atoms with Gasteiger partial charge in [0.25, 0.3) is 5.91 Å². The number of pyridine rings is 1. The molecule has 168 valence electrons. The first kappa shape index (κ1) is 21.7. The van der Waals surface area contributed by atoms with Gasteiger partial charge in [-0.1, -0.05) is 13.8 Å². The monoisotopic (exact) mass is 442 g/mol. The summed E-state index contributed by atoms with van der Waals surface area (Å²) in [5, 5.41) is 6.25. The van der Waals surface area contributed by atoms with Crippen molar-refractivity contribution in [2.45, 2.75) is 33.0 Å². The van der Waals surface area contributed by atoms with Gasteiger partial charge in [-0.05, 0) is 43.2 Å². The van der Waals surface area contributed by atoms with Crippen molar-refractivity contribution in [1.82, 2.24) is 15.2 Å². The Labute approximate surface area is 183 Å². The van der Waals surface area contributed by atoms with Crippen LogP contribution in [0.25, 0.3) is 11.0 Å². The molecule has 2 N–H and O–H groups in total. The zero-order valence-corrected chi connectivity index (χ0v) is 18.0. The number of likely N-dealkylation sites (tertiary alicyclic amines) is 1. The second-order valence-electron chi connectivity index (χ2n) is 8.29. The Morgan fingerprint density at radius 3 is 2.59 bits per heavy atom. The fraction of sp³-hybridized carbons (Fsp3) is 0.348. The Hall–Kier alpha value is -3.49. The molecule has 1 fully saturated rings. The zero-order valence-electron chi connectivity index (χ0n) is 18.0. The van der Waals surface area contributed by atoms with Crippen molar-refractivity contribution in [3.8, 4) is 0 Å². The van der Waals surface area contributed by atoms with Gasteiger partial charge in [0.1, 0.15) is 29.0 Å². The van der Waals surface area contributed by atoms with Gasteiger partial charge < -0.3 is 20.0 Å². The van der Waals surface area contributed by atoms with E-state index < -0.39 is 18.2 Å². The number of nitrogens with zero attached hydrogens (tertiary/aromatic N) is 2. The van der Waals surface area contributed by atoms with E-state index in [-0.39, 0.29) is 36.4 Å². The molecule has 2 aromatic heterocycles. The van der Waals surface area contributed by atoms with Crippen molar-refractivity contribution in [3.63, 3.8) is 0 Å². The first-order valence-electron chi connectivity index (χ1n) is 10.4. The fourth-order valence-electron chi connectivity index (χ4n) is 3.70. The van der Waals surface area contributed by atoms with E-state index in [1.165, 1.54) is 29.3 Å². The van der Waals surface area contributed by atoms with Crippen LogP contribution in [0.4, 0.5) is 19.3 Å². The van der Waals surface area contributed by atoms with Crippen molar-refractivity contribution in [3.05, 3.63) is 59.4 Å². The summed E-state index contributed by atoms with van der Waals surface area (Å²) in [6.45, 7) is 5.87. The number of hydrogen-bond acceptors (Lipinski definition) is 4. The van der Waals surface area contributed by atoms with E-state index in [0.717, 1.165) is 5.56 Å². The summed E-state index contributed by atoms with van der Waals surface area (Å²) in [7, 11) is 0. The average molecular weight is 442 g/mol. The highest BCUT2D eigenvalue weighted by atomic mass is 19.1. The summed E-state index contributed by atoms with van der Waals surface area (Å²) >= 11 is 0. The van der Waals surface area contributed by atoms with Crippen molar-refractivity contribution < 1.29 is 22.8 Å². The van der Waals surface area contributed by atoms with E-state index >= 15 is 0 Å². The third kappa shape index (κ3) is 4.28. The van der Waals surface area contributed by atoms with Gasteiger partial charge >= 0.3 is 6.03 Å². The van der Waals surface area contributed by atoms with Crippen molar-refractivity contribution >= 4 is 28.6 Å². The number of amides is 3. The number of halogens is 2. The lowest BCUT2D eigenvalue weighted by atomic mass is 9.98. The van der Waals surface area contributed by atoms with E-state index in [9.17, 15) is 18.4 Å². The molecule has 3 heterocycles. The maximum Gasteiger partial charge on any atom is 0.319 e. The van der Waals surface area contributed by atoms with Crippen LogP contribution < -0.4 is 10.6 Å². The molecule has 9 heteroatoms. The predicted octanol–water partition coefficient (Wildman–Crippen LogP) is 4.59. The lowest BCUT2D eigenvalue weighted by molar-refractivity contribution is 0.0394. The molecule has 0 spiro atoms.